The van der Waals surface area contributed by atoms with Crippen molar-refractivity contribution in [1.82, 2.24) is 10.2 Å². The van der Waals surface area contributed by atoms with Crippen LogP contribution in [0, 0.1) is 6.92 Å². The number of amides is 1. The Morgan fingerprint density at radius 3 is 2.52 bits per heavy atom. The summed E-state index contributed by atoms with van der Waals surface area (Å²) in [6, 6.07) is 16.1. The lowest BCUT2D eigenvalue weighted by molar-refractivity contribution is 0.102. The fraction of sp³-hybridized carbons (Fsp3) is 0.286. The number of thioether (sulfide) groups is 1. The molecule has 140 valence electrons. The van der Waals surface area contributed by atoms with Crippen molar-refractivity contribution in [3.05, 3.63) is 70.8 Å². The fourth-order valence-electron chi connectivity index (χ4n) is 2.56. The quantitative estimate of drug-likeness (QED) is 0.444. The molecule has 0 aliphatic carbocycles. The fourth-order valence-corrected chi connectivity index (χ4v) is 4.25. The molecule has 3 rings (SSSR count). The average Bonchev–Trinajstić information content (AvgIpc) is 3.07. The van der Waals surface area contributed by atoms with Gasteiger partial charge in [0, 0.05) is 11.3 Å². The van der Waals surface area contributed by atoms with Crippen LogP contribution in [0.5, 0.6) is 0 Å². The van der Waals surface area contributed by atoms with Gasteiger partial charge < -0.3 is 0 Å². The van der Waals surface area contributed by atoms with Crippen LogP contribution in [0.25, 0.3) is 0 Å². The third-order valence-electron chi connectivity index (χ3n) is 4.08. The molecule has 0 unspecified atom stereocenters. The summed E-state index contributed by atoms with van der Waals surface area (Å²) in [5.41, 5.74) is 4.38. The number of nitrogens with zero attached hydrogens (tertiary/aromatic N) is 2. The molecule has 0 spiro atoms. The number of anilines is 1. The lowest BCUT2D eigenvalue weighted by atomic mass is 9.87. The van der Waals surface area contributed by atoms with Crippen LogP contribution in [-0.4, -0.2) is 16.1 Å². The smallest absolute Gasteiger partial charge is 0.257 e. The predicted molar refractivity (Wildman–Crippen MR) is 114 cm³/mol. The maximum atomic E-state index is 12.4. The van der Waals surface area contributed by atoms with E-state index in [1.165, 1.54) is 28.0 Å². The highest BCUT2D eigenvalue weighted by atomic mass is 32.2. The van der Waals surface area contributed by atoms with Crippen LogP contribution in [0.3, 0.4) is 0 Å². The van der Waals surface area contributed by atoms with E-state index in [4.69, 9.17) is 0 Å². The van der Waals surface area contributed by atoms with Gasteiger partial charge in [-0.25, -0.2) is 0 Å². The van der Waals surface area contributed by atoms with Gasteiger partial charge in [-0.3, -0.25) is 10.1 Å². The molecule has 0 saturated heterocycles. The number of hydrogen-bond donors (Lipinski definition) is 1. The molecule has 3 aromatic rings. The summed E-state index contributed by atoms with van der Waals surface area (Å²) in [5, 5.41) is 11.6. The Labute approximate surface area is 168 Å². The summed E-state index contributed by atoms with van der Waals surface area (Å²) in [7, 11) is 0. The van der Waals surface area contributed by atoms with E-state index in [1.54, 1.807) is 11.8 Å². The maximum Gasteiger partial charge on any atom is 0.257 e. The van der Waals surface area contributed by atoms with Crippen molar-refractivity contribution < 1.29 is 4.79 Å². The molecule has 6 heteroatoms. The number of aryl methyl sites for hydroxylation is 1. The first kappa shape index (κ1) is 19.6. The molecule has 1 N–H and O–H groups in total. The van der Waals surface area contributed by atoms with Crippen LogP contribution in [0.1, 0.15) is 47.8 Å². The highest BCUT2D eigenvalue weighted by Gasteiger charge is 2.15. The molecule has 0 bridgehead atoms. The van der Waals surface area contributed by atoms with Crippen LogP contribution in [-0.2, 0) is 11.2 Å². The third-order valence-corrected chi connectivity index (χ3v) is 6.13. The minimum Gasteiger partial charge on any atom is -0.296 e. The number of carbonyl (C=O) groups is 1. The zero-order valence-electron chi connectivity index (χ0n) is 15.9. The zero-order valence-corrected chi connectivity index (χ0v) is 17.6. The molecule has 0 atom stereocenters. The highest BCUT2D eigenvalue weighted by molar-refractivity contribution is 8.00. The van der Waals surface area contributed by atoms with E-state index in [0.29, 0.717) is 10.7 Å². The standard InChI is InChI=1S/C21H23N3OS2/c1-14-6-5-7-15(12-14)13-26-20-24-23-19(27-20)22-18(25)16-8-10-17(11-9-16)21(2,3)4/h5-12H,13H2,1-4H3,(H,22,23,25). The summed E-state index contributed by atoms with van der Waals surface area (Å²) in [6.07, 6.45) is 0. The first-order chi connectivity index (χ1) is 12.8. The molecule has 2 aromatic carbocycles. The van der Waals surface area contributed by atoms with Gasteiger partial charge in [-0.15, -0.1) is 10.2 Å². The topological polar surface area (TPSA) is 54.9 Å². The van der Waals surface area contributed by atoms with Gasteiger partial charge >= 0.3 is 0 Å². The number of benzene rings is 2. The van der Waals surface area contributed by atoms with E-state index >= 15 is 0 Å². The molecule has 0 saturated carbocycles. The van der Waals surface area contributed by atoms with Crippen molar-refractivity contribution in [3.63, 3.8) is 0 Å². The molecule has 0 radical (unpaired) electrons. The van der Waals surface area contributed by atoms with Crippen LogP contribution < -0.4 is 5.32 Å². The summed E-state index contributed by atoms with van der Waals surface area (Å²) in [5.74, 6) is 0.667. The van der Waals surface area contributed by atoms with Crippen molar-refractivity contribution in [3.8, 4) is 0 Å². The number of carbonyl (C=O) groups excluding carboxylic acids is 1. The van der Waals surface area contributed by atoms with Crippen molar-refractivity contribution in [2.75, 3.05) is 5.32 Å². The lowest BCUT2D eigenvalue weighted by Crippen LogP contribution is -2.14. The van der Waals surface area contributed by atoms with E-state index in [1.807, 2.05) is 24.3 Å². The monoisotopic (exact) mass is 397 g/mol. The van der Waals surface area contributed by atoms with E-state index in [0.717, 1.165) is 10.1 Å². The lowest BCUT2D eigenvalue weighted by Gasteiger charge is -2.18. The molecule has 4 nitrogen and oxygen atoms in total. The minimum atomic E-state index is -0.165. The van der Waals surface area contributed by atoms with Crippen LogP contribution >= 0.6 is 23.1 Å². The van der Waals surface area contributed by atoms with E-state index in [9.17, 15) is 4.79 Å². The third kappa shape index (κ3) is 5.40. The number of aromatic nitrogens is 2. The Morgan fingerprint density at radius 2 is 1.85 bits per heavy atom. The van der Waals surface area contributed by atoms with Crippen molar-refractivity contribution in [1.29, 1.82) is 0 Å². The maximum absolute atomic E-state index is 12.4. The van der Waals surface area contributed by atoms with E-state index in [2.05, 4.69) is 67.5 Å². The van der Waals surface area contributed by atoms with Gasteiger partial charge in [0.15, 0.2) is 4.34 Å². The Bertz CT molecular complexity index is 927. The van der Waals surface area contributed by atoms with Gasteiger partial charge in [0.05, 0.1) is 0 Å². The van der Waals surface area contributed by atoms with Crippen molar-refractivity contribution >= 4 is 34.1 Å². The molecule has 1 aromatic heterocycles. The number of nitrogens with one attached hydrogen (secondary N) is 1. The molecule has 1 amide bonds. The molecule has 0 aliphatic rings. The Balaban J connectivity index is 1.59. The molecule has 0 fully saturated rings. The second-order valence-electron chi connectivity index (χ2n) is 7.43. The highest BCUT2D eigenvalue weighted by Crippen LogP contribution is 2.29. The summed E-state index contributed by atoms with van der Waals surface area (Å²) < 4.78 is 0.842. The van der Waals surface area contributed by atoms with E-state index < -0.39 is 0 Å². The Kier molecular flexibility index (Phi) is 5.97. The number of hydrogen-bond acceptors (Lipinski definition) is 5. The largest absolute Gasteiger partial charge is 0.296 e. The van der Waals surface area contributed by atoms with Gasteiger partial charge in [-0.05, 0) is 35.6 Å². The summed E-state index contributed by atoms with van der Waals surface area (Å²) >= 11 is 3.02. The van der Waals surface area contributed by atoms with Gasteiger partial charge in [-0.2, -0.15) is 0 Å². The molecule has 1 heterocycles. The van der Waals surface area contributed by atoms with Crippen LogP contribution in [0.4, 0.5) is 5.13 Å². The van der Waals surface area contributed by atoms with Crippen LogP contribution in [0.15, 0.2) is 52.9 Å². The first-order valence-corrected chi connectivity index (χ1v) is 10.6. The zero-order chi connectivity index (χ0) is 19.4. The average molecular weight is 398 g/mol. The van der Waals surface area contributed by atoms with Gasteiger partial charge in [0.25, 0.3) is 5.91 Å². The summed E-state index contributed by atoms with van der Waals surface area (Å²) in [4.78, 5) is 12.4. The second-order valence-corrected chi connectivity index (χ2v) is 9.63. The molecular formula is C21H23N3OS2. The summed E-state index contributed by atoms with van der Waals surface area (Å²) in [6.45, 7) is 8.54. The first-order valence-electron chi connectivity index (χ1n) is 8.75. The Hall–Kier alpha value is -2.18. The number of rotatable bonds is 5. The normalized spacial score (nSPS) is 11.4. The van der Waals surface area contributed by atoms with Gasteiger partial charge in [0.2, 0.25) is 5.13 Å². The minimum absolute atomic E-state index is 0.0671. The second kappa shape index (κ2) is 8.23. The van der Waals surface area contributed by atoms with Crippen molar-refractivity contribution in [2.45, 2.75) is 43.2 Å². The molecule has 27 heavy (non-hydrogen) atoms. The van der Waals surface area contributed by atoms with Crippen molar-refractivity contribution in [2.24, 2.45) is 0 Å². The van der Waals surface area contributed by atoms with Gasteiger partial charge in [-0.1, -0.05) is 85.8 Å². The molecular weight excluding hydrogens is 374 g/mol. The SMILES string of the molecule is Cc1cccc(CSc2nnc(NC(=O)c3ccc(C(C)(C)C)cc3)s2)c1. The predicted octanol–water partition coefficient (Wildman–Crippen LogP) is 5.69. The molecule has 0 aliphatic heterocycles. The van der Waals surface area contributed by atoms with Crippen LogP contribution in [0.2, 0.25) is 0 Å². The Morgan fingerprint density at radius 1 is 1.11 bits per heavy atom. The van der Waals surface area contributed by atoms with E-state index in [-0.39, 0.29) is 11.3 Å². The van der Waals surface area contributed by atoms with Gasteiger partial charge in [0.1, 0.15) is 0 Å².